The largest absolute Gasteiger partial charge is 0.382 e. The van der Waals surface area contributed by atoms with Gasteiger partial charge in [0.15, 0.2) is 7.28 Å². The van der Waals surface area contributed by atoms with Gasteiger partial charge >= 0.3 is 0 Å². The minimum Gasteiger partial charge on any atom is -0.382 e. The SMILES string of the molecule is CBc1cnc2[nH]c3cnc(N)c(N4CCN(CC)CC4)c3c2c1. The predicted molar refractivity (Wildman–Crippen MR) is 103 cm³/mol. The number of nitrogens with one attached hydrogen (secondary N) is 1. The molecule has 3 aromatic heterocycles. The molecular formula is C17H23BN6. The number of nitrogens with zero attached hydrogens (tertiary/aromatic N) is 4. The summed E-state index contributed by atoms with van der Waals surface area (Å²) in [5.74, 6) is 0.607. The standard InChI is InChI=1S/C17H23BN6/c1-3-23-4-6-24(7-5-23)15-14-12-8-11(18-2)9-21-17(12)22-13(14)10-20-16(15)19/h8-10,18H,3-7H2,1-2H3,(H2,19,20)(H,21,22). The zero-order valence-corrected chi connectivity index (χ0v) is 14.3. The van der Waals surface area contributed by atoms with E-state index in [-0.39, 0.29) is 0 Å². The molecule has 6 nitrogen and oxygen atoms in total. The van der Waals surface area contributed by atoms with E-state index in [4.69, 9.17) is 5.73 Å². The van der Waals surface area contributed by atoms with Crippen LogP contribution in [0.15, 0.2) is 18.5 Å². The third kappa shape index (κ3) is 2.40. The van der Waals surface area contributed by atoms with E-state index in [0.29, 0.717) is 5.82 Å². The van der Waals surface area contributed by atoms with E-state index < -0.39 is 0 Å². The molecular weight excluding hydrogens is 299 g/mol. The van der Waals surface area contributed by atoms with Crippen LogP contribution in [0.3, 0.4) is 0 Å². The zero-order chi connectivity index (χ0) is 16.7. The Labute approximate surface area is 142 Å². The molecule has 0 aliphatic carbocycles. The van der Waals surface area contributed by atoms with Crippen LogP contribution in [0.5, 0.6) is 0 Å². The van der Waals surface area contributed by atoms with Crippen molar-refractivity contribution in [2.45, 2.75) is 13.7 Å². The monoisotopic (exact) mass is 322 g/mol. The van der Waals surface area contributed by atoms with E-state index in [1.165, 1.54) is 5.46 Å². The molecule has 0 spiro atoms. The number of hydrogen-bond donors (Lipinski definition) is 2. The highest BCUT2D eigenvalue weighted by Crippen LogP contribution is 2.36. The Morgan fingerprint density at radius 3 is 2.71 bits per heavy atom. The Morgan fingerprint density at radius 2 is 2.00 bits per heavy atom. The van der Waals surface area contributed by atoms with Gasteiger partial charge in [-0.2, -0.15) is 0 Å². The first-order valence-electron chi connectivity index (χ1n) is 8.73. The molecule has 0 unspecified atom stereocenters. The van der Waals surface area contributed by atoms with Gasteiger partial charge in [0.1, 0.15) is 11.5 Å². The van der Waals surface area contributed by atoms with Crippen LogP contribution in [0.1, 0.15) is 6.92 Å². The van der Waals surface area contributed by atoms with Crippen molar-refractivity contribution >= 4 is 46.2 Å². The zero-order valence-electron chi connectivity index (χ0n) is 14.3. The van der Waals surface area contributed by atoms with Gasteiger partial charge in [-0.25, -0.2) is 9.97 Å². The number of rotatable bonds is 3. The molecule has 4 heterocycles. The van der Waals surface area contributed by atoms with Gasteiger partial charge in [0.2, 0.25) is 0 Å². The van der Waals surface area contributed by atoms with Gasteiger partial charge in [-0.15, -0.1) is 0 Å². The molecule has 124 valence electrons. The highest BCUT2D eigenvalue weighted by atomic mass is 15.3. The van der Waals surface area contributed by atoms with Crippen molar-refractivity contribution in [2.24, 2.45) is 0 Å². The lowest BCUT2D eigenvalue weighted by Gasteiger charge is -2.36. The van der Waals surface area contributed by atoms with Gasteiger partial charge in [0.05, 0.1) is 17.4 Å². The molecule has 3 aromatic rings. The van der Waals surface area contributed by atoms with Crippen LogP contribution >= 0.6 is 0 Å². The number of nitrogens with two attached hydrogens (primary N) is 1. The van der Waals surface area contributed by atoms with Crippen molar-refractivity contribution in [3.8, 4) is 0 Å². The molecule has 0 saturated carbocycles. The molecule has 0 atom stereocenters. The van der Waals surface area contributed by atoms with Crippen molar-refractivity contribution in [3.05, 3.63) is 18.5 Å². The Bertz CT molecular complexity index is 882. The number of fused-ring (bicyclic) bond motifs is 3. The maximum absolute atomic E-state index is 6.30. The average molecular weight is 322 g/mol. The van der Waals surface area contributed by atoms with Gasteiger partial charge in [-0.05, 0) is 6.54 Å². The first-order chi connectivity index (χ1) is 11.7. The maximum atomic E-state index is 6.30. The molecule has 7 heteroatoms. The summed E-state index contributed by atoms with van der Waals surface area (Å²) in [7, 11) is 0.973. The lowest BCUT2D eigenvalue weighted by Crippen LogP contribution is -2.46. The van der Waals surface area contributed by atoms with Crippen LogP contribution < -0.4 is 16.1 Å². The van der Waals surface area contributed by atoms with Crippen molar-refractivity contribution in [3.63, 3.8) is 0 Å². The quantitative estimate of drug-likeness (QED) is 0.702. The third-order valence-electron chi connectivity index (χ3n) is 5.09. The van der Waals surface area contributed by atoms with Crippen LogP contribution in [-0.4, -0.2) is 59.9 Å². The number of piperazine rings is 1. The fourth-order valence-corrected chi connectivity index (χ4v) is 3.61. The molecule has 0 amide bonds. The summed E-state index contributed by atoms with van der Waals surface area (Å²) >= 11 is 0. The molecule has 1 aliphatic rings. The number of anilines is 2. The smallest absolute Gasteiger partial charge is 0.156 e. The Kier molecular flexibility index (Phi) is 3.80. The molecule has 0 aromatic carbocycles. The molecule has 24 heavy (non-hydrogen) atoms. The minimum atomic E-state index is 0.607. The number of hydrogen-bond acceptors (Lipinski definition) is 5. The molecule has 4 rings (SSSR count). The van der Waals surface area contributed by atoms with Crippen LogP contribution in [0.25, 0.3) is 21.9 Å². The highest BCUT2D eigenvalue weighted by Gasteiger charge is 2.22. The summed E-state index contributed by atoms with van der Waals surface area (Å²) in [5, 5.41) is 2.30. The molecule has 1 fully saturated rings. The predicted octanol–water partition coefficient (Wildman–Crippen LogP) is 0.945. The molecule has 1 aliphatic heterocycles. The number of pyridine rings is 2. The Balaban J connectivity index is 1.88. The maximum Gasteiger partial charge on any atom is 0.156 e. The molecule has 0 radical (unpaired) electrons. The van der Waals surface area contributed by atoms with Crippen LogP contribution in [-0.2, 0) is 0 Å². The van der Waals surface area contributed by atoms with Crippen molar-refractivity contribution in [2.75, 3.05) is 43.4 Å². The van der Waals surface area contributed by atoms with Gasteiger partial charge in [-0.1, -0.05) is 25.3 Å². The second-order valence-corrected chi connectivity index (χ2v) is 6.42. The molecule has 3 N–H and O–H groups in total. The average Bonchev–Trinajstić information content (AvgIpc) is 2.99. The number of likely N-dealkylation sites (N-methyl/N-ethyl adjacent to an activating group) is 1. The van der Waals surface area contributed by atoms with Gasteiger partial charge in [0.25, 0.3) is 0 Å². The lowest BCUT2D eigenvalue weighted by molar-refractivity contribution is 0.271. The second-order valence-electron chi connectivity index (χ2n) is 6.42. The summed E-state index contributed by atoms with van der Waals surface area (Å²) in [6.45, 7) is 9.55. The van der Waals surface area contributed by atoms with Gasteiger partial charge < -0.3 is 20.5 Å². The van der Waals surface area contributed by atoms with E-state index in [1.807, 2.05) is 12.4 Å². The fourth-order valence-electron chi connectivity index (χ4n) is 3.61. The lowest BCUT2D eigenvalue weighted by atomic mass is 9.74. The van der Waals surface area contributed by atoms with Crippen LogP contribution in [0, 0.1) is 0 Å². The summed E-state index contributed by atoms with van der Waals surface area (Å²) in [6.07, 6.45) is 3.76. The van der Waals surface area contributed by atoms with E-state index >= 15 is 0 Å². The fraction of sp³-hybridized carbons (Fsp3) is 0.412. The third-order valence-corrected chi connectivity index (χ3v) is 5.09. The topological polar surface area (TPSA) is 74.1 Å². The minimum absolute atomic E-state index is 0.607. The number of nitrogen functional groups attached to an aromatic ring is 1. The van der Waals surface area contributed by atoms with E-state index in [2.05, 4.69) is 44.6 Å². The van der Waals surface area contributed by atoms with Crippen molar-refractivity contribution in [1.82, 2.24) is 19.9 Å². The summed E-state index contributed by atoms with van der Waals surface area (Å²) in [5.41, 5.74) is 10.5. The van der Waals surface area contributed by atoms with E-state index in [1.54, 1.807) is 0 Å². The number of H-pyrrole nitrogens is 1. The van der Waals surface area contributed by atoms with Gasteiger partial charge in [0, 0.05) is 43.1 Å². The van der Waals surface area contributed by atoms with E-state index in [9.17, 15) is 0 Å². The summed E-state index contributed by atoms with van der Waals surface area (Å²) in [4.78, 5) is 17.2. The van der Waals surface area contributed by atoms with Crippen molar-refractivity contribution in [1.29, 1.82) is 0 Å². The highest BCUT2D eigenvalue weighted by molar-refractivity contribution is 6.52. The number of aromatic nitrogens is 3. The summed E-state index contributed by atoms with van der Waals surface area (Å²) < 4.78 is 0. The molecule has 0 bridgehead atoms. The first kappa shape index (κ1) is 15.3. The van der Waals surface area contributed by atoms with Crippen LogP contribution in [0.2, 0.25) is 6.82 Å². The Morgan fingerprint density at radius 1 is 1.21 bits per heavy atom. The summed E-state index contributed by atoms with van der Waals surface area (Å²) in [6, 6.07) is 2.23. The first-order valence-corrected chi connectivity index (χ1v) is 8.73. The van der Waals surface area contributed by atoms with Crippen molar-refractivity contribution < 1.29 is 0 Å². The Hall–Kier alpha value is -2.28. The van der Waals surface area contributed by atoms with Crippen LogP contribution in [0.4, 0.5) is 11.5 Å². The number of aromatic amines is 1. The van der Waals surface area contributed by atoms with Gasteiger partial charge in [-0.3, -0.25) is 0 Å². The second kappa shape index (κ2) is 5.98. The molecule has 1 saturated heterocycles. The normalized spacial score (nSPS) is 16.2. The van der Waals surface area contributed by atoms with E-state index in [0.717, 1.165) is 67.6 Å².